The van der Waals surface area contributed by atoms with Crippen LogP contribution in [0.4, 0.5) is 0 Å². The highest BCUT2D eigenvalue weighted by Gasteiger charge is 2.25. The molecule has 2 aromatic heterocycles. The van der Waals surface area contributed by atoms with E-state index in [0.717, 1.165) is 36.9 Å². The predicted octanol–water partition coefficient (Wildman–Crippen LogP) is 3.27. The van der Waals surface area contributed by atoms with Crippen molar-refractivity contribution >= 4 is 27.3 Å². The van der Waals surface area contributed by atoms with Crippen LogP contribution in [-0.4, -0.2) is 28.5 Å². The maximum absolute atomic E-state index is 12.3. The van der Waals surface area contributed by atoms with Gasteiger partial charge in [-0.2, -0.15) is 0 Å². The lowest BCUT2D eigenvalue weighted by molar-refractivity contribution is 0.0797. The summed E-state index contributed by atoms with van der Waals surface area (Å²) in [6.07, 6.45) is 9.33. The fourth-order valence-electron chi connectivity index (χ4n) is 2.72. The minimum absolute atomic E-state index is 0.228. The molecule has 1 aliphatic carbocycles. The Morgan fingerprint density at radius 2 is 2.00 bits per heavy atom. The highest BCUT2D eigenvalue weighted by atomic mass is 32.1. The van der Waals surface area contributed by atoms with Gasteiger partial charge in [-0.3, -0.25) is 4.79 Å². The van der Waals surface area contributed by atoms with Crippen molar-refractivity contribution < 1.29 is 4.79 Å². The molecule has 2 aromatic rings. The lowest BCUT2D eigenvalue weighted by Gasteiger charge is -2.13. The van der Waals surface area contributed by atoms with Gasteiger partial charge in [0.05, 0.1) is 9.58 Å². The summed E-state index contributed by atoms with van der Waals surface area (Å²) in [7, 11) is 0. The molecule has 0 N–H and O–H groups in total. The maximum atomic E-state index is 12.3. The standard InChI is InChI=1S/C14H16N2OS/c17-14(15-5-1-2-6-15)12-7-10-8-16(11-3-4-11)9-13(10)18-12/h7-9,11H,1-6H2. The van der Waals surface area contributed by atoms with E-state index in [1.165, 1.54) is 22.9 Å². The molecule has 18 heavy (non-hydrogen) atoms. The molecule has 0 unspecified atom stereocenters. The number of hydrogen-bond donors (Lipinski definition) is 0. The van der Waals surface area contributed by atoms with Crippen molar-refractivity contribution in [2.24, 2.45) is 0 Å². The number of aromatic nitrogens is 1. The number of carbonyl (C=O) groups excluding carboxylic acids is 1. The van der Waals surface area contributed by atoms with Gasteiger partial charge in [0.15, 0.2) is 0 Å². The highest BCUT2D eigenvalue weighted by molar-refractivity contribution is 7.20. The summed E-state index contributed by atoms with van der Waals surface area (Å²) in [5, 5.41) is 1.23. The summed E-state index contributed by atoms with van der Waals surface area (Å²) in [5.74, 6) is 0.228. The molecule has 1 saturated carbocycles. The second-order valence-electron chi connectivity index (χ2n) is 5.37. The molecule has 0 aromatic carbocycles. The van der Waals surface area contributed by atoms with Crippen LogP contribution in [0.5, 0.6) is 0 Å². The van der Waals surface area contributed by atoms with Crippen LogP contribution in [-0.2, 0) is 0 Å². The molecule has 3 nitrogen and oxygen atoms in total. The van der Waals surface area contributed by atoms with Gasteiger partial charge in [-0.15, -0.1) is 11.3 Å². The molecule has 1 aliphatic heterocycles. The van der Waals surface area contributed by atoms with Gasteiger partial charge < -0.3 is 9.47 Å². The summed E-state index contributed by atoms with van der Waals surface area (Å²) < 4.78 is 3.56. The number of hydrogen-bond acceptors (Lipinski definition) is 2. The van der Waals surface area contributed by atoms with E-state index < -0.39 is 0 Å². The minimum atomic E-state index is 0.228. The Bertz CT molecular complexity index is 571. The van der Waals surface area contributed by atoms with E-state index in [-0.39, 0.29) is 5.91 Å². The van der Waals surface area contributed by atoms with Crippen molar-refractivity contribution in [2.75, 3.05) is 13.1 Å². The van der Waals surface area contributed by atoms with Gasteiger partial charge in [-0.25, -0.2) is 0 Å². The zero-order valence-corrected chi connectivity index (χ0v) is 11.1. The quantitative estimate of drug-likeness (QED) is 0.813. The van der Waals surface area contributed by atoms with Gasteiger partial charge in [0.1, 0.15) is 0 Å². The molecule has 0 bridgehead atoms. The second-order valence-corrected chi connectivity index (χ2v) is 6.45. The Kier molecular flexibility index (Phi) is 2.27. The summed E-state index contributed by atoms with van der Waals surface area (Å²) in [5.41, 5.74) is 0. The van der Waals surface area contributed by atoms with Gasteiger partial charge in [0, 0.05) is 36.9 Å². The van der Waals surface area contributed by atoms with Gasteiger partial charge in [0.25, 0.3) is 5.91 Å². The van der Waals surface area contributed by atoms with E-state index in [0.29, 0.717) is 0 Å². The minimum Gasteiger partial charge on any atom is -0.349 e. The Morgan fingerprint density at radius 3 is 2.67 bits per heavy atom. The molecule has 0 spiro atoms. The predicted molar refractivity (Wildman–Crippen MR) is 73.2 cm³/mol. The van der Waals surface area contributed by atoms with E-state index in [4.69, 9.17) is 0 Å². The molecular weight excluding hydrogens is 244 g/mol. The van der Waals surface area contributed by atoms with Gasteiger partial charge in [0.2, 0.25) is 0 Å². The van der Waals surface area contributed by atoms with E-state index in [2.05, 4.69) is 23.0 Å². The first-order valence-electron chi connectivity index (χ1n) is 6.71. The molecule has 4 heteroatoms. The maximum Gasteiger partial charge on any atom is 0.263 e. The number of likely N-dealkylation sites (tertiary alicyclic amines) is 1. The Labute approximate surface area is 110 Å². The Morgan fingerprint density at radius 1 is 1.22 bits per heavy atom. The third kappa shape index (κ3) is 1.67. The van der Waals surface area contributed by atoms with Crippen LogP contribution in [0, 0.1) is 0 Å². The fraction of sp³-hybridized carbons (Fsp3) is 0.500. The zero-order valence-electron chi connectivity index (χ0n) is 10.3. The van der Waals surface area contributed by atoms with E-state index >= 15 is 0 Å². The number of thiophene rings is 1. The number of amides is 1. The normalized spacial score (nSPS) is 19.9. The molecule has 94 valence electrons. The lowest BCUT2D eigenvalue weighted by Crippen LogP contribution is -2.26. The molecule has 1 saturated heterocycles. The first-order valence-corrected chi connectivity index (χ1v) is 7.53. The van der Waals surface area contributed by atoms with Crippen molar-refractivity contribution in [1.29, 1.82) is 0 Å². The Hall–Kier alpha value is -1.29. The van der Waals surface area contributed by atoms with Gasteiger partial charge in [-0.1, -0.05) is 0 Å². The summed E-state index contributed by atoms with van der Waals surface area (Å²) in [4.78, 5) is 15.2. The van der Waals surface area contributed by atoms with Crippen molar-refractivity contribution in [1.82, 2.24) is 9.47 Å². The molecular formula is C14H16N2OS. The largest absolute Gasteiger partial charge is 0.349 e. The third-order valence-corrected chi connectivity index (χ3v) is 4.99. The average Bonchev–Trinajstić information content (AvgIpc) is 2.81. The number of fused-ring (bicyclic) bond motifs is 1. The molecule has 4 rings (SSSR count). The van der Waals surface area contributed by atoms with E-state index in [9.17, 15) is 4.79 Å². The molecule has 2 aliphatic rings. The zero-order chi connectivity index (χ0) is 12.1. The van der Waals surface area contributed by atoms with Crippen molar-refractivity contribution in [2.45, 2.75) is 31.7 Å². The van der Waals surface area contributed by atoms with Crippen molar-refractivity contribution in [3.63, 3.8) is 0 Å². The van der Waals surface area contributed by atoms with Crippen LogP contribution < -0.4 is 0 Å². The monoisotopic (exact) mass is 260 g/mol. The number of rotatable bonds is 2. The smallest absolute Gasteiger partial charge is 0.263 e. The molecule has 0 radical (unpaired) electrons. The van der Waals surface area contributed by atoms with Crippen LogP contribution >= 0.6 is 11.3 Å². The third-order valence-electron chi connectivity index (χ3n) is 3.92. The SMILES string of the molecule is O=C(c1cc2cn(C3CC3)cc2s1)N1CCCC1. The molecule has 3 heterocycles. The highest BCUT2D eigenvalue weighted by Crippen LogP contribution is 2.38. The summed E-state index contributed by atoms with van der Waals surface area (Å²) in [6, 6.07) is 2.79. The van der Waals surface area contributed by atoms with Crippen LogP contribution in [0.1, 0.15) is 41.4 Å². The van der Waals surface area contributed by atoms with E-state index in [1.807, 2.05) is 4.90 Å². The van der Waals surface area contributed by atoms with Crippen molar-refractivity contribution in [3.8, 4) is 0 Å². The van der Waals surface area contributed by atoms with Gasteiger partial charge in [-0.05, 0) is 31.7 Å². The lowest BCUT2D eigenvalue weighted by atomic mass is 10.3. The van der Waals surface area contributed by atoms with Crippen LogP contribution in [0.15, 0.2) is 18.5 Å². The summed E-state index contributed by atoms with van der Waals surface area (Å²) >= 11 is 1.65. The van der Waals surface area contributed by atoms with Crippen molar-refractivity contribution in [3.05, 3.63) is 23.3 Å². The number of nitrogens with zero attached hydrogens (tertiary/aromatic N) is 2. The topological polar surface area (TPSA) is 25.2 Å². The van der Waals surface area contributed by atoms with Crippen LogP contribution in [0.3, 0.4) is 0 Å². The summed E-state index contributed by atoms with van der Waals surface area (Å²) in [6.45, 7) is 1.87. The van der Waals surface area contributed by atoms with Crippen LogP contribution in [0.25, 0.3) is 10.1 Å². The number of carbonyl (C=O) groups is 1. The molecule has 1 amide bonds. The Balaban J connectivity index is 1.64. The van der Waals surface area contributed by atoms with Crippen LogP contribution in [0.2, 0.25) is 0 Å². The first-order chi connectivity index (χ1) is 8.81. The van der Waals surface area contributed by atoms with Gasteiger partial charge >= 0.3 is 0 Å². The fourth-order valence-corrected chi connectivity index (χ4v) is 3.76. The second kappa shape index (κ2) is 3.85. The molecule has 2 fully saturated rings. The molecule has 0 atom stereocenters. The average molecular weight is 260 g/mol. The van der Waals surface area contributed by atoms with E-state index in [1.54, 1.807) is 11.3 Å². The first kappa shape index (κ1) is 10.6.